The number of aromatic nitrogens is 3. The molecule has 1 aliphatic rings. The lowest BCUT2D eigenvalue weighted by Gasteiger charge is -2.42. The number of aryl methyl sites for hydroxylation is 1. The maximum atomic E-state index is 11.6. The van der Waals surface area contributed by atoms with Crippen molar-refractivity contribution in [1.82, 2.24) is 19.7 Å². The van der Waals surface area contributed by atoms with Gasteiger partial charge in [0.05, 0.1) is 6.61 Å². The summed E-state index contributed by atoms with van der Waals surface area (Å²) in [4.78, 5) is 11.6. The van der Waals surface area contributed by atoms with E-state index in [1.807, 2.05) is 31.2 Å². The molecule has 1 fully saturated rings. The maximum absolute atomic E-state index is 11.6. The van der Waals surface area contributed by atoms with E-state index in [4.69, 9.17) is 17.0 Å². The zero-order valence-electron chi connectivity index (χ0n) is 15.8. The van der Waals surface area contributed by atoms with Crippen LogP contribution >= 0.6 is 12.2 Å². The number of nitrogens with one attached hydrogen (secondary N) is 1. The molecule has 1 aliphatic heterocycles. The highest BCUT2D eigenvalue weighted by Crippen LogP contribution is 2.30. The van der Waals surface area contributed by atoms with E-state index in [0.29, 0.717) is 10.6 Å². The third-order valence-electron chi connectivity index (χ3n) is 4.82. The summed E-state index contributed by atoms with van der Waals surface area (Å²) in [6.07, 6.45) is -4.78. The minimum absolute atomic E-state index is 0.302. The monoisotopic (exact) mass is 408 g/mol. The largest absolute Gasteiger partial charge is 0.394 e. The third-order valence-corrected chi connectivity index (χ3v) is 5.28. The number of nitrogens with zero attached hydrogens (tertiary/aromatic N) is 3. The standard InChI is InChI=1S/C18H24N4O5S/c1-9-4-6-11(7-5-9)16-20-22(18(28)21(16)3)17-13(19-10(2)24)15(26)14(25)12(8-23)27-17/h4-7,12-15,17,23,25-26H,8H2,1-3H3,(H,19,24)/t12-,13-,14-,15-,17-/m1/s1. The molecule has 9 nitrogen and oxygen atoms in total. The molecule has 3 rings (SSSR count). The van der Waals surface area contributed by atoms with E-state index in [2.05, 4.69) is 10.4 Å². The van der Waals surface area contributed by atoms with Crippen molar-refractivity contribution in [3.63, 3.8) is 0 Å². The molecule has 28 heavy (non-hydrogen) atoms. The Kier molecular flexibility index (Phi) is 5.96. The molecule has 4 N–H and O–H groups in total. The molecule has 2 heterocycles. The van der Waals surface area contributed by atoms with Gasteiger partial charge < -0.3 is 29.9 Å². The first-order valence-electron chi connectivity index (χ1n) is 8.86. The summed E-state index contributed by atoms with van der Waals surface area (Å²) in [5.74, 6) is 0.171. The molecule has 1 amide bonds. The molecule has 0 aliphatic carbocycles. The van der Waals surface area contributed by atoms with Crippen molar-refractivity contribution in [3.05, 3.63) is 34.6 Å². The normalized spacial score (nSPS) is 27.6. The molecule has 1 saturated heterocycles. The molecule has 0 saturated carbocycles. The van der Waals surface area contributed by atoms with Gasteiger partial charge in [0.1, 0.15) is 24.4 Å². The Hall–Kier alpha value is -2.11. The highest BCUT2D eigenvalue weighted by atomic mass is 32.1. The van der Waals surface area contributed by atoms with Gasteiger partial charge >= 0.3 is 0 Å². The fraction of sp³-hybridized carbons (Fsp3) is 0.500. The predicted molar refractivity (Wildman–Crippen MR) is 103 cm³/mol. The quantitative estimate of drug-likeness (QED) is 0.527. The van der Waals surface area contributed by atoms with Crippen LogP contribution in [0.15, 0.2) is 24.3 Å². The molecule has 0 spiro atoms. The number of ether oxygens (including phenoxy) is 1. The van der Waals surface area contributed by atoms with Crippen molar-refractivity contribution >= 4 is 18.1 Å². The van der Waals surface area contributed by atoms with Gasteiger partial charge in [-0.1, -0.05) is 29.8 Å². The highest BCUT2D eigenvalue weighted by molar-refractivity contribution is 7.71. The Morgan fingerprint density at radius 2 is 1.93 bits per heavy atom. The minimum atomic E-state index is -1.37. The first kappa shape index (κ1) is 20.6. The van der Waals surface area contributed by atoms with Crippen LogP contribution in [0, 0.1) is 11.7 Å². The van der Waals surface area contributed by atoms with Crippen molar-refractivity contribution in [2.75, 3.05) is 6.61 Å². The minimum Gasteiger partial charge on any atom is -0.394 e. The molecule has 5 atom stereocenters. The SMILES string of the molecule is CC(=O)N[C@@H]1[C@@H](O)[C@H](O)[C@@H](CO)O[C@H]1n1nc(-c2ccc(C)cc2)n(C)c1=S. The van der Waals surface area contributed by atoms with Gasteiger partial charge in [0.15, 0.2) is 16.8 Å². The van der Waals surface area contributed by atoms with Crippen LogP contribution in [0.3, 0.4) is 0 Å². The van der Waals surface area contributed by atoms with Crippen LogP contribution < -0.4 is 5.32 Å². The number of carbonyl (C=O) groups is 1. The van der Waals surface area contributed by atoms with Crippen LogP contribution in [0.1, 0.15) is 18.7 Å². The number of amides is 1. The Balaban J connectivity index is 2.06. The summed E-state index contributed by atoms with van der Waals surface area (Å²) in [6, 6.07) is 6.74. The Labute approximate surface area is 167 Å². The number of rotatable bonds is 4. The molecule has 10 heteroatoms. The zero-order valence-corrected chi connectivity index (χ0v) is 16.6. The van der Waals surface area contributed by atoms with E-state index >= 15 is 0 Å². The van der Waals surface area contributed by atoms with E-state index in [1.54, 1.807) is 11.6 Å². The molecule has 1 aromatic carbocycles. The fourth-order valence-electron chi connectivity index (χ4n) is 3.27. The van der Waals surface area contributed by atoms with Gasteiger partial charge in [-0.05, 0) is 19.1 Å². The molecule has 0 radical (unpaired) electrons. The third kappa shape index (κ3) is 3.74. The van der Waals surface area contributed by atoms with Gasteiger partial charge in [0.25, 0.3) is 0 Å². The Bertz CT molecular complexity index is 910. The zero-order chi connectivity index (χ0) is 20.6. The molecular formula is C18H24N4O5S. The summed E-state index contributed by atoms with van der Waals surface area (Å²) in [5, 5.41) is 37.3. The molecule has 0 bridgehead atoms. The van der Waals surface area contributed by atoms with Crippen LogP contribution in [0.5, 0.6) is 0 Å². The van der Waals surface area contributed by atoms with Crippen molar-refractivity contribution in [2.45, 2.75) is 44.4 Å². The molecule has 152 valence electrons. The van der Waals surface area contributed by atoms with E-state index in [1.165, 1.54) is 11.6 Å². The molecule has 0 unspecified atom stereocenters. The van der Waals surface area contributed by atoms with Gasteiger partial charge in [-0.3, -0.25) is 4.79 Å². The van der Waals surface area contributed by atoms with Crippen molar-refractivity contribution in [1.29, 1.82) is 0 Å². The lowest BCUT2D eigenvalue weighted by atomic mass is 9.96. The van der Waals surface area contributed by atoms with Gasteiger partial charge in [0, 0.05) is 19.5 Å². The summed E-state index contributed by atoms with van der Waals surface area (Å²) >= 11 is 5.49. The van der Waals surface area contributed by atoms with Gasteiger partial charge in [-0.15, -0.1) is 5.10 Å². The average molecular weight is 408 g/mol. The first-order valence-corrected chi connectivity index (χ1v) is 9.27. The summed E-state index contributed by atoms with van der Waals surface area (Å²) in [6.45, 7) is 2.77. The lowest BCUT2D eigenvalue weighted by molar-refractivity contribution is -0.219. The van der Waals surface area contributed by atoms with Crippen LogP contribution in [-0.2, 0) is 16.6 Å². The van der Waals surface area contributed by atoms with E-state index in [-0.39, 0.29) is 0 Å². The van der Waals surface area contributed by atoms with Gasteiger partial charge in [0.2, 0.25) is 5.91 Å². The second kappa shape index (κ2) is 8.10. The van der Waals surface area contributed by atoms with E-state index < -0.39 is 43.1 Å². The van der Waals surface area contributed by atoms with Crippen LogP contribution in [0.25, 0.3) is 11.4 Å². The Morgan fingerprint density at radius 3 is 2.50 bits per heavy atom. The first-order chi connectivity index (χ1) is 13.2. The number of carbonyl (C=O) groups excluding carboxylic acids is 1. The molecular weight excluding hydrogens is 384 g/mol. The second-order valence-corrected chi connectivity index (χ2v) is 7.30. The maximum Gasteiger partial charge on any atom is 0.217 e. The number of hydrogen-bond donors (Lipinski definition) is 4. The molecule has 2 aromatic rings. The number of aliphatic hydroxyl groups is 3. The summed E-state index contributed by atoms with van der Waals surface area (Å²) in [5.41, 5.74) is 1.94. The topological polar surface area (TPSA) is 122 Å². The average Bonchev–Trinajstić information content (AvgIpc) is 2.95. The van der Waals surface area contributed by atoms with E-state index in [9.17, 15) is 20.1 Å². The number of aliphatic hydroxyl groups excluding tert-OH is 3. The van der Waals surface area contributed by atoms with Crippen LogP contribution in [0.4, 0.5) is 0 Å². The van der Waals surface area contributed by atoms with Crippen molar-refractivity contribution in [3.8, 4) is 11.4 Å². The molecule has 1 aromatic heterocycles. The smallest absolute Gasteiger partial charge is 0.217 e. The van der Waals surface area contributed by atoms with Gasteiger partial charge in [-0.25, -0.2) is 4.68 Å². The second-order valence-electron chi connectivity index (χ2n) is 6.93. The van der Waals surface area contributed by atoms with Gasteiger partial charge in [-0.2, -0.15) is 0 Å². The van der Waals surface area contributed by atoms with Crippen LogP contribution in [-0.4, -0.2) is 66.5 Å². The number of hydrogen-bond acceptors (Lipinski definition) is 7. The summed E-state index contributed by atoms with van der Waals surface area (Å²) < 4.78 is 9.14. The van der Waals surface area contributed by atoms with Crippen molar-refractivity contribution in [2.24, 2.45) is 7.05 Å². The predicted octanol–water partition coefficient (Wildman–Crippen LogP) is 0.0427. The van der Waals surface area contributed by atoms with Crippen molar-refractivity contribution < 1.29 is 24.9 Å². The number of benzene rings is 1. The fourth-order valence-corrected chi connectivity index (χ4v) is 3.50. The highest BCUT2D eigenvalue weighted by Gasteiger charge is 2.46. The van der Waals surface area contributed by atoms with Crippen LogP contribution in [0.2, 0.25) is 0 Å². The Morgan fingerprint density at radius 1 is 1.29 bits per heavy atom. The van der Waals surface area contributed by atoms with E-state index in [0.717, 1.165) is 11.1 Å². The lowest BCUT2D eigenvalue weighted by Crippen LogP contribution is -2.62. The summed E-state index contributed by atoms with van der Waals surface area (Å²) in [7, 11) is 1.76.